The van der Waals surface area contributed by atoms with Gasteiger partial charge in [0, 0.05) is 13.1 Å². The van der Waals surface area contributed by atoms with Crippen LogP contribution in [0.4, 0.5) is 15.3 Å². The number of aromatic carboxylic acids is 1. The number of benzene rings is 1. The maximum absolute atomic E-state index is 12.7. The summed E-state index contributed by atoms with van der Waals surface area (Å²) in [6.45, 7) is 11.2. The van der Waals surface area contributed by atoms with Crippen LogP contribution in [0.15, 0.2) is 18.2 Å². The van der Waals surface area contributed by atoms with Gasteiger partial charge in [0.2, 0.25) is 0 Å². The van der Waals surface area contributed by atoms with Crippen LogP contribution >= 0.6 is 0 Å². The minimum Gasteiger partial charge on any atom is -0.478 e. The summed E-state index contributed by atoms with van der Waals surface area (Å²) in [7, 11) is 0. The van der Waals surface area contributed by atoms with Gasteiger partial charge >= 0.3 is 18.2 Å². The van der Waals surface area contributed by atoms with Gasteiger partial charge in [-0.25, -0.2) is 14.4 Å². The van der Waals surface area contributed by atoms with Gasteiger partial charge in [-0.1, -0.05) is 6.07 Å². The van der Waals surface area contributed by atoms with E-state index < -0.39 is 29.4 Å². The van der Waals surface area contributed by atoms with E-state index in [2.05, 4.69) is 0 Å². The number of anilines is 1. The third-order valence-corrected chi connectivity index (χ3v) is 3.84. The van der Waals surface area contributed by atoms with Crippen molar-refractivity contribution in [1.82, 2.24) is 4.90 Å². The molecule has 0 spiro atoms. The van der Waals surface area contributed by atoms with Gasteiger partial charge in [0.05, 0.1) is 17.8 Å². The number of carboxylic acid groups (broad SMARTS) is 1. The van der Waals surface area contributed by atoms with E-state index in [0.29, 0.717) is 11.3 Å². The molecule has 1 aliphatic heterocycles. The first-order valence-electron chi connectivity index (χ1n) is 9.11. The fraction of sp³-hybridized carbons (Fsp3) is 0.550. The summed E-state index contributed by atoms with van der Waals surface area (Å²) in [6.07, 6.45) is -1.09. The first-order valence-corrected chi connectivity index (χ1v) is 9.11. The molecule has 0 aromatic heterocycles. The second kappa shape index (κ2) is 7.69. The Labute approximate surface area is 165 Å². The Morgan fingerprint density at radius 3 is 2.04 bits per heavy atom. The maximum atomic E-state index is 12.7. The molecular formula is C20H28N2O6. The molecule has 0 aliphatic carbocycles. The quantitative estimate of drug-likeness (QED) is 0.779. The van der Waals surface area contributed by atoms with Gasteiger partial charge in [-0.15, -0.1) is 0 Å². The van der Waals surface area contributed by atoms with Crippen molar-refractivity contribution in [3.05, 3.63) is 29.3 Å². The SMILES string of the molecule is CC(C)(C)OC(=O)N1CCN(C(=O)OC(C)(C)C)c2cc(C(=O)O)ccc2C1. The topological polar surface area (TPSA) is 96.4 Å². The van der Waals surface area contributed by atoms with Crippen LogP contribution in [0.2, 0.25) is 0 Å². The third kappa shape index (κ3) is 5.61. The van der Waals surface area contributed by atoms with Gasteiger partial charge in [0.15, 0.2) is 0 Å². The van der Waals surface area contributed by atoms with Gasteiger partial charge in [0.25, 0.3) is 0 Å². The number of amides is 2. The van der Waals surface area contributed by atoms with Gasteiger partial charge in [-0.3, -0.25) is 4.90 Å². The predicted molar refractivity (Wildman–Crippen MR) is 104 cm³/mol. The van der Waals surface area contributed by atoms with Crippen LogP contribution in [0.25, 0.3) is 0 Å². The number of ether oxygens (including phenoxy) is 2. The van der Waals surface area contributed by atoms with E-state index in [1.807, 2.05) is 0 Å². The molecule has 2 amide bonds. The summed E-state index contributed by atoms with van der Waals surface area (Å²) in [6, 6.07) is 4.49. The number of carbonyl (C=O) groups is 3. The predicted octanol–water partition coefficient (Wildman–Crippen LogP) is 3.88. The molecule has 154 valence electrons. The van der Waals surface area contributed by atoms with E-state index in [1.54, 1.807) is 47.6 Å². The van der Waals surface area contributed by atoms with Gasteiger partial charge in [0.1, 0.15) is 11.2 Å². The van der Waals surface area contributed by atoms with E-state index in [0.717, 1.165) is 0 Å². The molecule has 1 aromatic carbocycles. The fourth-order valence-electron chi connectivity index (χ4n) is 2.70. The zero-order valence-corrected chi connectivity index (χ0v) is 17.2. The number of carboxylic acids is 1. The Balaban J connectivity index is 2.40. The molecule has 1 aromatic rings. The van der Waals surface area contributed by atoms with Crippen LogP contribution < -0.4 is 4.90 Å². The van der Waals surface area contributed by atoms with Crippen molar-refractivity contribution in [2.45, 2.75) is 59.3 Å². The highest BCUT2D eigenvalue weighted by molar-refractivity contribution is 5.94. The summed E-state index contributed by atoms with van der Waals surface area (Å²) in [5.74, 6) is -1.10. The second-order valence-electron chi connectivity index (χ2n) is 8.68. The van der Waals surface area contributed by atoms with Crippen LogP contribution in [0.3, 0.4) is 0 Å². The van der Waals surface area contributed by atoms with Crippen LogP contribution in [-0.4, -0.2) is 52.5 Å². The molecule has 0 radical (unpaired) electrons. The molecule has 2 rings (SSSR count). The lowest BCUT2D eigenvalue weighted by atomic mass is 10.1. The largest absolute Gasteiger partial charge is 0.478 e. The van der Waals surface area contributed by atoms with Crippen molar-refractivity contribution in [3.8, 4) is 0 Å². The third-order valence-electron chi connectivity index (χ3n) is 3.84. The van der Waals surface area contributed by atoms with E-state index in [4.69, 9.17) is 9.47 Å². The van der Waals surface area contributed by atoms with E-state index >= 15 is 0 Å². The number of fused-ring (bicyclic) bond motifs is 1. The molecule has 8 heteroatoms. The summed E-state index contributed by atoms with van der Waals surface area (Å²) < 4.78 is 10.9. The number of rotatable bonds is 1. The van der Waals surface area contributed by atoms with Crippen molar-refractivity contribution in [2.75, 3.05) is 18.0 Å². The fourth-order valence-corrected chi connectivity index (χ4v) is 2.70. The minimum absolute atomic E-state index is 0.0537. The lowest BCUT2D eigenvalue weighted by molar-refractivity contribution is 0.0238. The minimum atomic E-state index is -1.10. The molecule has 0 fully saturated rings. The highest BCUT2D eigenvalue weighted by Crippen LogP contribution is 2.29. The molecule has 0 saturated heterocycles. The van der Waals surface area contributed by atoms with Crippen molar-refractivity contribution < 1.29 is 29.0 Å². The first-order chi connectivity index (χ1) is 12.8. The standard InChI is InChI=1S/C20H28N2O6/c1-19(2,3)27-17(25)21-9-10-22(18(26)28-20(4,5)6)15-11-13(16(23)24)7-8-14(15)12-21/h7-8,11H,9-10,12H2,1-6H3,(H,23,24). The number of nitrogens with zero attached hydrogens (tertiary/aromatic N) is 2. The van der Waals surface area contributed by atoms with Crippen LogP contribution in [0.1, 0.15) is 57.5 Å². The van der Waals surface area contributed by atoms with Crippen LogP contribution in [0.5, 0.6) is 0 Å². The van der Waals surface area contributed by atoms with Crippen molar-refractivity contribution in [1.29, 1.82) is 0 Å². The molecule has 0 atom stereocenters. The second-order valence-corrected chi connectivity index (χ2v) is 8.68. The Kier molecular flexibility index (Phi) is 5.91. The Hall–Kier alpha value is -2.77. The summed E-state index contributed by atoms with van der Waals surface area (Å²) in [5.41, 5.74) is -0.249. The lowest BCUT2D eigenvalue weighted by Gasteiger charge is -2.28. The molecule has 8 nitrogen and oxygen atoms in total. The molecule has 0 unspecified atom stereocenters. The monoisotopic (exact) mass is 392 g/mol. The zero-order chi connectivity index (χ0) is 21.3. The smallest absolute Gasteiger partial charge is 0.414 e. The van der Waals surface area contributed by atoms with E-state index in [9.17, 15) is 19.5 Å². The number of carbonyl (C=O) groups excluding carboxylic acids is 2. The van der Waals surface area contributed by atoms with Gasteiger partial charge in [-0.2, -0.15) is 0 Å². The number of hydrogen-bond acceptors (Lipinski definition) is 5. The Morgan fingerprint density at radius 1 is 0.929 bits per heavy atom. The summed E-state index contributed by atoms with van der Waals surface area (Å²) in [4.78, 5) is 39.5. The summed E-state index contributed by atoms with van der Waals surface area (Å²) >= 11 is 0. The van der Waals surface area contributed by atoms with Crippen LogP contribution in [-0.2, 0) is 16.0 Å². The average molecular weight is 392 g/mol. The Bertz CT molecular complexity index is 776. The lowest BCUT2D eigenvalue weighted by Crippen LogP contribution is -2.42. The van der Waals surface area contributed by atoms with Crippen LogP contribution in [0, 0.1) is 0 Å². The molecule has 1 N–H and O–H groups in total. The highest BCUT2D eigenvalue weighted by Gasteiger charge is 2.32. The average Bonchev–Trinajstić information content (AvgIpc) is 2.70. The van der Waals surface area contributed by atoms with Crippen molar-refractivity contribution in [3.63, 3.8) is 0 Å². The summed E-state index contributed by atoms with van der Waals surface area (Å²) in [5, 5.41) is 9.32. The molecule has 0 saturated carbocycles. The molecule has 0 bridgehead atoms. The Morgan fingerprint density at radius 2 is 1.50 bits per heavy atom. The normalized spacial score (nSPS) is 14.8. The van der Waals surface area contributed by atoms with Gasteiger partial charge < -0.3 is 19.5 Å². The van der Waals surface area contributed by atoms with Crippen molar-refractivity contribution in [2.24, 2.45) is 0 Å². The number of hydrogen-bond donors (Lipinski definition) is 1. The highest BCUT2D eigenvalue weighted by atomic mass is 16.6. The first kappa shape index (κ1) is 21.5. The van der Waals surface area contributed by atoms with Gasteiger partial charge in [-0.05, 0) is 59.2 Å². The molecule has 1 heterocycles. The zero-order valence-electron chi connectivity index (χ0n) is 17.2. The molecular weight excluding hydrogens is 364 g/mol. The van der Waals surface area contributed by atoms with Crippen molar-refractivity contribution >= 4 is 23.8 Å². The van der Waals surface area contributed by atoms with E-state index in [1.165, 1.54) is 21.9 Å². The van der Waals surface area contributed by atoms with E-state index in [-0.39, 0.29) is 25.2 Å². The maximum Gasteiger partial charge on any atom is 0.414 e. The molecule has 1 aliphatic rings. The molecule has 28 heavy (non-hydrogen) atoms.